The smallest absolute Gasteiger partial charge is 0.322 e. The summed E-state index contributed by atoms with van der Waals surface area (Å²) in [4.78, 5) is 11.0. The predicted octanol–water partition coefficient (Wildman–Crippen LogP) is -1.09. The third-order valence-corrected chi connectivity index (χ3v) is 3.91. The van der Waals surface area contributed by atoms with Crippen molar-refractivity contribution in [3.8, 4) is 0 Å². The van der Waals surface area contributed by atoms with Crippen LogP contribution in [-0.4, -0.2) is 50.2 Å². The number of hydrogen-bond acceptors (Lipinski definition) is 5. The van der Waals surface area contributed by atoms with Gasteiger partial charge in [-0.2, -0.15) is 4.31 Å². The summed E-state index contributed by atoms with van der Waals surface area (Å²) >= 11 is 0. The molecular formula is C8H16N2O4S. The molecule has 2 N–H and O–H groups in total. The Hall–Kier alpha value is -0.660. The zero-order chi connectivity index (χ0) is 11.5. The first-order valence-electron chi connectivity index (χ1n) is 4.84. The van der Waals surface area contributed by atoms with E-state index in [2.05, 4.69) is 4.74 Å². The Morgan fingerprint density at radius 3 is 2.73 bits per heavy atom. The zero-order valence-corrected chi connectivity index (χ0v) is 9.50. The molecule has 0 amide bonds. The quantitative estimate of drug-likeness (QED) is 0.627. The summed E-state index contributed by atoms with van der Waals surface area (Å²) in [5, 5.41) is 0. The van der Waals surface area contributed by atoms with E-state index in [1.165, 1.54) is 4.31 Å². The van der Waals surface area contributed by atoms with E-state index in [1.807, 2.05) is 0 Å². The van der Waals surface area contributed by atoms with E-state index in [1.54, 1.807) is 6.92 Å². The van der Waals surface area contributed by atoms with Gasteiger partial charge in [-0.05, 0) is 13.3 Å². The number of sulfonamides is 1. The van der Waals surface area contributed by atoms with Gasteiger partial charge in [0.25, 0.3) is 0 Å². The van der Waals surface area contributed by atoms with Crippen LogP contribution >= 0.6 is 0 Å². The van der Waals surface area contributed by atoms with Crippen LogP contribution in [0.3, 0.4) is 0 Å². The maximum atomic E-state index is 11.6. The molecule has 1 heterocycles. The molecule has 1 rings (SSSR count). The molecule has 0 aromatic carbocycles. The fourth-order valence-corrected chi connectivity index (χ4v) is 2.82. The molecule has 0 aliphatic carbocycles. The minimum atomic E-state index is -3.54. The van der Waals surface area contributed by atoms with E-state index in [9.17, 15) is 13.2 Å². The van der Waals surface area contributed by atoms with E-state index >= 15 is 0 Å². The molecule has 7 heteroatoms. The minimum absolute atomic E-state index is 0.123. The van der Waals surface area contributed by atoms with E-state index in [0.717, 1.165) is 0 Å². The van der Waals surface area contributed by atoms with Crippen molar-refractivity contribution in [2.75, 3.05) is 25.4 Å². The van der Waals surface area contributed by atoms with Crippen LogP contribution in [0.1, 0.15) is 13.3 Å². The summed E-state index contributed by atoms with van der Waals surface area (Å²) in [6, 6.07) is -0.123. The number of rotatable bonds is 4. The molecule has 0 radical (unpaired) electrons. The molecule has 0 aromatic rings. The Morgan fingerprint density at radius 1 is 1.60 bits per heavy atom. The van der Waals surface area contributed by atoms with Gasteiger partial charge < -0.3 is 10.5 Å². The summed E-state index contributed by atoms with van der Waals surface area (Å²) < 4.78 is 29.1. The van der Waals surface area contributed by atoms with Gasteiger partial charge in [0, 0.05) is 19.1 Å². The maximum Gasteiger partial charge on any atom is 0.322 e. The van der Waals surface area contributed by atoms with Crippen molar-refractivity contribution in [3.63, 3.8) is 0 Å². The number of hydrogen-bond donors (Lipinski definition) is 1. The first-order chi connectivity index (χ1) is 6.95. The van der Waals surface area contributed by atoms with Crippen LogP contribution in [0.5, 0.6) is 0 Å². The number of carbonyl (C=O) groups excluding carboxylic acids is 1. The highest BCUT2D eigenvalue weighted by Crippen LogP contribution is 2.12. The monoisotopic (exact) mass is 236 g/mol. The molecule has 0 spiro atoms. The number of nitrogens with two attached hydrogens (primary N) is 1. The summed E-state index contributed by atoms with van der Waals surface area (Å²) in [6.45, 7) is 2.51. The molecule has 1 atom stereocenters. The summed E-state index contributed by atoms with van der Waals surface area (Å²) in [5.74, 6) is -1.30. The van der Waals surface area contributed by atoms with Gasteiger partial charge in [0.2, 0.25) is 10.0 Å². The largest absolute Gasteiger partial charge is 0.465 e. The molecule has 1 aliphatic rings. The molecular weight excluding hydrogens is 220 g/mol. The first-order valence-corrected chi connectivity index (χ1v) is 6.45. The fraction of sp³-hybridized carbons (Fsp3) is 0.875. The maximum absolute atomic E-state index is 11.6. The lowest BCUT2D eigenvalue weighted by Gasteiger charge is -2.14. The van der Waals surface area contributed by atoms with Crippen LogP contribution < -0.4 is 5.73 Å². The predicted molar refractivity (Wildman–Crippen MR) is 54.6 cm³/mol. The Labute approximate surface area is 89.4 Å². The van der Waals surface area contributed by atoms with E-state index in [0.29, 0.717) is 19.5 Å². The first kappa shape index (κ1) is 12.4. The fourth-order valence-electron chi connectivity index (χ4n) is 1.45. The van der Waals surface area contributed by atoms with Crippen LogP contribution in [-0.2, 0) is 19.6 Å². The van der Waals surface area contributed by atoms with Gasteiger partial charge in [-0.1, -0.05) is 0 Å². The Morgan fingerprint density at radius 2 is 2.27 bits per heavy atom. The van der Waals surface area contributed by atoms with Crippen LogP contribution in [0.15, 0.2) is 0 Å². The summed E-state index contributed by atoms with van der Waals surface area (Å²) in [5.41, 5.74) is 5.59. The molecule has 1 saturated heterocycles. The number of esters is 1. The molecule has 1 fully saturated rings. The highest BCUT2D eigenvalue weighted by atomic mass is 32.2. The second-order valence-electron chi connectivity index (χ2n) is 3.47. The second kappa shape index (κ2) is 4.91. The molecule has 6 nitrogen and oxygen atoms in total. The SMILES string of the molecule is CCOC(=O)CS(=O)(=O)N1CC[C@@H](N)C1. The standard InChI is InChI=1S/C8H16N2O4S/c1-2-14-8(11)6-15(12,13)10-4-3-7(9)5-10/h7H,2-6,9H2,1H3/t7-/m1/s1. The summed E-state index contributed by atoms with van der Waals surface area (Å²) in [6.07, 6.45) is 0.641. The molecule has 0 saturated carbocycles. The highest BCUT2D eigenvalue weighted by Gasteiger charge is 2.31. The van der Waals surface area contributed by atoms with Crippen molar-refractivity contribution in [2.45, 2.75) is 19.4 Å². The third kappa shape index (κ3) is 3.44. The van der Waals surface area contributed by atoms with Crippen LogP contribution in [0.25, 0.3) is 0 Å². The van der Waals surface area contributed by atoms with Gasteiger partial charge in [0.1, 0.15) is 0 Å². The average Bonchev–Trinajstić information content (AvgIpc) is 2.51. The normalized spacial score (nSPS) is 22.9. The number of carbonyl (C=O) groups is 1. The topological polar surface area (TPSA) is 89.7 Å². The molecule has 0 unspecified atom stereocenters. The molecule has 1 aliphatic heterocycles. The lowest BCUT2D eigenvalue weighted by Crippen LogP contribution is -2.36. The van der Waals surface area contributed by atoms with Crippen LogP contribution in [0, 0.1) is 0 Å². The van der Waals surface area contributed by atoms with E-state index < -0.39 is 21.7 Å². The van der Waals surface area contributed by atoms with Gasteiger partial charge in [-0.15, -0.1) is 0 Å². The van der Waals surface area contributed by atoms with Gasteiger partial charge in [0.05, 0.1) is 6.61 Å². The van der Waals surface area contributed by atoms with Crippen molar-refractivity contribution < 1.29 is 17.9 Å². The summed E-state index contributed by atoms with van der Waals surface area (Å²) in [7, 11) is -3.54. The van der Waals surface area contributed by atoms with Gasteiger partial charge >= 0.3 is 5.97 Å². The minimum Gasteiger partial charge on any atom is -0.465 e. The van der Waals surface area contributed by atoms with Crippen molar-refractivity contribution in [2.24, 2.45) is 5.73 Å². The van der Waals surface area contributed by atoms with E-state index in [-0.39, 0.29) is 12.6 Å². The second-order valence-corrected chi connectivity index (χ2v) is 5.44. The molecule has 0 bridgehead atoms. The number of nitrogens with zero attached hydrogens (tertiary/aromatic N) is 1. The highest BCUT2D eigenvalue weighted by molar-refractivity contribution is 7.89. The van der Waals surface area contributed by atoms with Crippen molar-refractivity contribution >= 4 is 16.0 Å². The number of ether oxygens (including phenoxy) is 1. The Kier molecular flexibility index (Phi) is 4.06. The van der Waals surface area contributed by atoms with Crippen LogP contribution in [0.4, 0.5) is 0 Å². The molecule has 0 aromatic heterocycles. The van der Waals surface area contributed by atoms with Gasteiger partial charge in [-0.25, -0.2) is 8.42 Å². The third-order valence-electron chi connectivity index (χ3n) is 2.19. The van der Waals surface area contributed by atoms with Crippen LogP contribution in [0.2, 0.25) is 0 Å². The lowest BCUT2D eigenvalue weighted by molar-refractivity contribution is -0.140. The van der Waals surface area contributed by atoms with Crippen molar-refractivity contribution in [3.05, 3.63) is 0 Å². The average molecular weight is 236 g/mol. The van der Waals surface area contributed by atoms with Gasteiger partial charge in [0.15, 0.2) is 5.75 Å². The molecule has 88 valence electrons. The van der Waals surface area contributed by atoms with Crippen molar-refractivity contribution in [1.82, 2.24) is 4.31 Å². The van der Waals surface area contributed by atoms with E-state index in [4.69, 9.17) is 5.73 Å². The molecule has 15 heavy (non-hydrogen) atoms. The zero-order valence-electron chi connectivity index (χ0n) is 8.68. The Bertz CT molecular complexity index is 328. The lowest BCUT2D eigenvalue weighted by atomic mass is 10.3. The van der Waals surface area contributed by atoms with Crippen molar-refractivity contribution in [1.29, 1.82) is 0 Å². The Balaban J connectivity index is 2.56. The van der Waals surface area contributed by atoms with Gasteiger partial charge in [-0.3, -0.25) is 4.79 Å².